The average molecular weight is 281 g/mol. The highest BCUT2D eigenvalue weighted by Crippen LogP contribution is 2.11. The van der Waals surface area contributed by atoms with Gasteiger partial charge in [0.15, 0.2) is 0 Å². The van der Waals surface area contributed by atoms with Crippen molar-refractivity contribution in [1.82, 2.24) is 0 Å². The molecule has 0 aliphatic carbocycles. The number of nitriles is 1. The highest BCUT2D eigenvalue weighted by atomic mass is 16.6. The molecule has 0 bridgehead atoms. The summed E-state index contributed by atoms with van der Waals surface area (Å²) in [6, 6.07) is 15.1. The summed E-state index contributed by atoms with van der Waals surface area (Å²) in [6.45, 7) is 0.261. The summed E-state index contributed by atoms with van der Waals surface area (Å²) in [6.07, 6.45) is 1.41. The second-order valence-corrected chi connectivity index (χ2v) is 4.17. The first-order chi connectivity index (χ1) is 10.2. The molecule has 2 aromatic rings. The molecule has 0 N–H and O–H groups in total. The zero-order valence-electron chi connectivity index (χ0n) is 11.0. The third-order valence-corrected chi connectivity index (χ3v) is 2.67. The van der Waals surface area contributed by atoms with Crippen molar-refractivity contribution in [3.63, 3.8) is 0 Å². The molecule has 6 heteroatoms. The molecule has 0 aliphatic heterocycles. The fourth-order valence-electron chi connectivity index (χ4n) is 1.60. The number of non-ortho nitro benzene ring substituents is 1. The van der Waals surface area contributed by atoms with E-state index >= 15 is 0 Å². The van der Waals surface area contributed by atoms with E-state index in [1.807, 2.05) is 6.07 Å². The first-order valence-electron chi connectivity index (χ1n) is 6.08. The largest absolute Gasteiger partial charge is 0.391 e. The smallest absolute Gasteiger partial charge is 0.270 e. The second kappa shape index (κ2) is 6.82. The molecule has 6 nitrogen and oxygen atoms in total. The van der Waals surface area contributed by atoms with E-state index < -0.39 is 4.92 Å². The number of nitro groups is 1. The van der Waals surface area contributed by atoms with Gasteiger partial charge in [0, 0.05) is 17.7 Å². The van der Waals surface area contributed by atoms with Gasteiger partial charge in [-0.05, 0) is 17.7 Å². The van der Waals surface area contributed by atoms with Gasteiger partial charge in [-0.3, -0.25) is 10.1 Å². The maximum atomic E-state index is 10.6. The van der Waals surface area contributed by atoms with Gasteiger partial charge in [-0.2, -0.15) is 5.26 Å². The predicted octanol–water partition coefficient (Wildman–Crippen LogP) is 3.02. The highest BCUT2D eigenvalue weighted by Gasteiger charge is 2.03. The van der Waals surface area contributed by atoms with E-state index in [2.05, 4.69) is 5.16 Å². The number of benzene rings is 2. The summed E-state index contributed by atoms with van der Waals surface area (Å²) >= 11 is 0. The van der Waals surface area contributed by atoms with Gasteiger partial charge >= 0.3 is 0 Å². The van der Waals surface area contributed by atoms with E-state index in [-0.39, 0.29) is 12.3 Å². The molecule has 0 spiro atoms. The molecule has 0 amide bonds. The Labute approximate surface area is 121 Å². The molecule has 0 radical (unpaired) electrons. The van der Waals surface area contributed by atoms with Gasteiger partial charge < -0.3 is 4.84 Å². The van der Waals surface area contributed by atoms with Crippen LogP contribution in [0.3, 0.4) is 0 Å². The minimum absolute atomic E-state index is 0.00559. The number of hydrogen-bond acceptors (Lipinski definition) is 5. The fourth-order valence-corrected chi connectivity index (χ4v) is 1.60. The molecule has 0 saturated heterocycles. The molecule has 0 aliphatic rings. The Morgan fingerprint density at radius 2 is 2.05 bits per heavy atom. The van der Waals surface area contributed by atoms with E-state index in [1.165, 1.54) is 18.3 Å². The molecular formula is C15H11N3O3. The van der Waals surface area contributed by atoms with E-state index in [1.54, 1.807) is 36.4 Å². The van der Waals surface area contributed by atoms with E-state index in [0.717, 1.165) is 5.56 Å². The number of nitrogens with zero attached hydrogens (tertiary/aromatic N) is 3. The average Bonchev–Trinajstić information content (AvgIpc) is 2.52. The van der Waals surface area contributed by atoms with Crippen molar-refractivity contribution in [3.8, 4) is 6.07 Å². The summed E-state index contributed by atoms with van der Waals surface area (Å²) in [4.78, 5) is 15.3. The van der Waals surface area contributed by atoms with Crippen LogP contribution in [0, 0.1) is 21.4 Å². The number of hydrogen-bond donors (Lipinski definition) is 0. The Balaban J connectivity index is 1.92. The van der Waals surface area contributed by atoms with Crippen molar-refractivity contribution in [2.75, 3.05) is 0 Å². The molecule has 0 fully saturated rings. The van der Waals surface area contributed by atoms with Crippen LogP contribution in [0.25, 0.3) is 0 Å². The van der Waals surface area contributed by atoms with Crippen LogP contribution in [0.4, 0.5) is 5.69 Å². The molecule has 0 aromatic heterocycles. The van der Waals surface area contributed by atoms with Crippen molar-refractivity contribution in [1.29, 1.82) is 5.26 Å². The third kappa shape index (κ3) is 4.14. The summed E-state index contributed by atoms with van der Waals surface area (Å²) in [5, 5.41) is 23.1. The standard InChI is InChI=1S/C15H11N3O3/c16-9-12-4-6-13(7-5-12)11-21-17-10-14-2-1-3-15(8-14)18(19)20/h1-8,10H,11H2/b17-10-. The summed E-state index contributed by atoms with van der Waals surface area (Å²) in [5.74, 6) is 0. The molecule has 104 valence electrons. The van der Waals surface area contributed by atoms with Crippen LogP contribution >= 0.6 is 0 Å². The summed E-state index contributed by atoms with van der Waals surface area (Å²) in [5.41, 5.74) is 2.05. The number of rotatable bonds is 5. The van der Waals surface area contributed by atoms with Crippen LogP contribution in [-0.4, -0.2) is 11.1 Å². The van der Waals surface area contributed by atoms with Gasteiger partial charge in [0.1, 0.15) is 6.61 Å². The van der Waals surface area contributed by atoms with E-state index in [9.17, 15) is 10.1 Å². The van der Waals surface area contributed by atoms with Crippen molar-refractivity contribution in [2.45, 2.75) is 6.61 Å². The fraction of sp³-hybridized carbons (Fsp3) is 0.0667. The summed E-state index contributed by atoms with van der Waals surface area (Å²) in [7, 11) is 0. The molecule has 2 rings (SSSR count). The minimum atomic E-state index is -0.463. The van der Waals surface area contributed by atoms with E-state index in [4.69, 9.17) is 10.1 Å². The quantitative estimate of drug-likeness (QED) is 0.478. The van der Waals surface area contributed by atoms with Crippen LogP contribution in [0.15, 0.2) is 53.7 Å². The van der Waals surface area contributed by atoms with Gasteiger partial charge in [-0.25, -0.2) is 0 Å². The molecular weight excluding hydrogens is 270 g/mol. The number of oxime groups is 1. The zero-order chi connectivity index (χ0) is 15.1. The predicted molar refractivity (Wildman–Crippen MR) is 76.6 cm³/mol. The van der Waals surface area contributed by atoms with Crippen LogP contribution in [0.2, 0.25) is 0 Å². The molecule has 2 aromatic carbocycles. The monoisotopic (exact) mass is 281 g/mol. The van der Waals surface area contributed by atoms with Gasteiger partial charge in [0.25, 0.3) is 5.69 Å². The topological polar surface area (TPSA) is 88.5 Å². The Bertz CT molecular complexity index is 703. The Hall–Kier alpha value is -3.20. The van der Waals surface area contributed by atoms with Crippen LogP contribution < -0.4 is 0 Å². The van der Waals surface area contributed by atoms with Crippen LogP contribution in [-0.2, 0) is 11.4 Å². The molecule has 0 saturated carbocycles. The van der Waals surface area contributed by atoms with Gasteiger partial charge in [0.2, 0.25) is 0 Å². The number of nitro benzene ring substituents is 1. The lowest BCUT2D eigenvalue weighted by Gasteiger charge is -1.99. The first-order valence-corrected chi connectivity index (χ1v) is 6.08. The van der Waals surface area contributed by atoms with E-state index in [0.29, 0.717) is 11.1 Å². The SMILES string of the molecule is N#Cc1ccc(CO/N=C\c2cccc([N+](=O)[O-])c2)cc1. The van der Waals surface area contributed by atoms with Crippen molar-refractivity contribution < 1.29 is 9.76 Å². The minimum Gasteiger partial charge on any atom is -0.391 e. The lowest BCUT2D eigenvalue weighted by atomic mass is 10.2. The lowest BCUT2D eigenvalue weighted by molar-refractivity contribution is -0.384. The zero-order valence-corrected chi connectivity index (χ0v) is 11.0. The normalized spacial score (nSPS) is 10.2. The highest BCUT2D eigenvalue weighted by molar-refractivity contribution is 5.80. The van der Waals surface area contributed by atoms with Crippen molar-refractivity contribution in [3.05, 3.63) is 75.3 Å². The lowest BCUT2D eigenvalue weighted by Crippen LogP contribution is -1.91. The van der Waals surface area contributed by atoms with Crippen LogP contribution in [0.1, 0.15) is 16.7 Å². The molecule has 21 heavy (non-hydrogen) atoms. The van der Waals surface area contributed by atoms with Crippen molar-refractivity contribution >= 4 is 11.9 Å². The maximum absolute atomic E-state index is 10.6. The molecule has 0 unspecified atom stereocenters. The van der Waals surface area contributed by atoms with Gasteiger partial charge in [-0.1, -0.05) is 29.4 Å². The summed E-state index contributed by atoms with van der Waals surface area (Å²) < 4.78 is 0. The van der Waals surface area contributed by atoms with Crippen LogP contribution in [0.5, 0.6) is 0 Å². The molecule has 0 heterocycles. The second-order valence-electron chi connectivity index (χ2n) is 4.17. The Morgan fingerprint density at radius 1 is 1.29 bits per heavy atom. The van der Waals surface area contributed by atoms with Gasteiger partial charge in [-0.15, -0.1) is 0 Å². The van der Waals surface area contributed by atoms with Gasteiger partial charge in [0.05, 0.1) is 22.8 Å². The first kappa shape index (κ1) is 14.2. The van der Waals surface area contributed by atoms with Crippen molar-refractivity contribution in [2.24, 2.45) is 5.16 Å². The Morgan fingerprint density at radius 3 is 2.71 bits per heavy atom. The molecule has 0 atom stereocenters. The maximum Gasteiger partial charge on any atom is 0.270 e. The third-order valence-electron chi connectivity index (χ3n) is 2.67. The Kier molecular flexibility index (Phi) is 4.62.